The summed E-state index contributed by atoms with van der Waals surface area (Å²) in [5, 5.41) is 3.31. The lowest BCUT2D eigenvalue weighted by Gasteiger charge is -2.24. The van der Waals surface area contributed by atoms with Crippen LogP contribution in [0.2, 0.25) is 0 Å². The van der Waals surface area contributed by atoms with Gasteiger partial charge in [0.15, 0.2) is 0 Å². The maximum absolute atomic E-state index is 10.9. The van der Waals surface area contributed by atoms with Crippen molar-refractivity contribution in [3.05, 3.63) is 23.9 Å². The molecule has 1 saturated heterocycles. The maximum Gasteiger partial charge on any atom is 0.250 e. The van der Waals surface area contributed by atoms with E-state index in [1.807, 2.05) is 13.1 Å². The van der Waals surface area contributed by atoms with Gasteiger partial charge in [0.25, 0.3) is 0 Å². The van der Waals surface area contributed by atoms with Crippen LogP contribution < -0.4 is 16.0 Å². The number of pyridine rings is 1. The van der Waals surface area contributed by atoms with Crippen LogP contribution in [-0.2, 0) is 0 Å². The number of hydrogen-bond donors (Lipinski definition) is 2. The summed E-state index contributed by atoms with van der Waals surface area (Å²) in [5.41, 5.74) is 5.61. The number of carbonyl (C=O) groups excluding carboxylic acids is 1. The Balaban J connectivity index is 2.11. The zero-order valence-corrected chi connectivity index (χ0v) is 9.31. The molecule has 1 atom stereocenters. The molecule has 0 spiro atoms. The van der Waals surface area contributed by atoms with E-state index in [1.54, 1.807) is 6.07 Å². The SMILES string of the molecule is CN(c1ccc(C(N)=O)cn1)C1CCNC1. The minimum atomic E-state index is -0.441. The van der Waals surface area contributed by atoms with Crippen LogP contribution in [0.3, 0.4) is 0 Å². The molecule has 0 saturated carbocycles. The molecule has 1 fully saturated rings. The fraction of sp³-hybridized carbons (Fsp3) is 0.455. The highest BCUT2D eigenvalue weighted by Crippen LogP contribution is 2.15. The molecule has 1 aliphatic heterocycles. The van der Waals surface area contributed by atoms with E-state index >= 15 is 0 Å². The number of nitrogens with one attached hydrogen (secondary N) is 1. The van der Waals surface area contributed by atoms with Crippen molar-refractivity contribution in [3.8, 4) is 0 Å². The molecule has 16 heavy (non-hydrogen) atoms. The lowest BCUT2D eigenvalue weighted by molar-refractivity contribution is 0.1000. The number of nitrogens with zero attached hydrogens (tertiary/aromatic N) is 2. The number of aromatic nitrogens is 1. The highest BCUT2D eigenvalue weighted by Gasteiger charge is 2.20. The predicted octanol–water partition coefficient (Wildman–Crippen LogP) is -0.0214. The number of likely N-dealkylation sites (N-methyl/N-ethyl adjacent to an activating group) is 1. The summed E-state index contributed by atoms with van der Waals surface area (Å²) in [7, 11) is 2.02. The van der Waals surface area contributed by atoms with Crippen LogP contribution in [0.1, 0.15) is 16.8 Å². The Labute approximate surface area is 94.6 Å². The van der Waals surface area contributed by atoms with E-state index in [2.05, 4.69) is 15.2 Å². The summed E-state index contributed by atoms with van der Waals surface area (Å²) in [6.07, 6.45) is 2.65. The Bertz CT molecular complexity index is 370. The molecule has 2 rings (SSSR count). The maximum atomic E-state index is 10.9. The first-order chi connectivity index (χ1) is 7.68. The molecule has 1 amide bonds. The summed E-state index contributed by atoms with van der Waals surface area (Å²) in [6, 6.07) is 4.02. The van der Waals surface area contributed by atoms with Gasteiger partial charge < -0.3 is 16.0 Å². The molecule has 0 bridgehead atoms. The van der Waals surface area contributed by atoms with E-state index < -0.39 is 5.91 Å². The number of hydrogen-bond acceptors (Lipinski definition) is 4. The first-order valence-corrected chi connectivity index (χ1v) is 5.38. The van der Waals surface area contributed by atoms with Crippen LogP contribution in [0, 0.1) is 0 Å². The largest absolute Gasteiger partial charge is 0.366 e. The first-order valence-electron chi connectivity index (χ1n) is 5.38. The van der Waals surface area contributed by atoms with Crippen molar-refractivity contribution >= 4 is 11.7 Å². The van der Waals surface area contributed by atoms with Gasteiger partial charge in [0.1, 0.15) is 5.82 Å². The fourth-order valence-electron chi connectivity index (χ4n) is 1.90. The molecule has 1 unspecified atom stereocenters. The molecule has 0 aliphatic carbocycles. The van der Waals surface area contributed by atoms with E-state index in [0.29, 0.717) is 11.6 Å². The first kappa shape index (κ1) is 10.9. The average molecular weight is 220 g/mol. The quantitative estimate of drug-likeness (QED) is 0.751. The van der Waals surface area contributed by atoms with Crippen molar-refractivity contribution in [2.24, 2.45) is 5.73 Å². The van der Waals surface area contributed by atoms with E-state index in [1.165, 1.54) is 6.20 Å². The van der Waals surface area contributed by atoms with Crippen molar-refractivity contribution in [1.29, 1.82) is 0 Å². The number of primary amides is 1. The van der Waals surface area contributed by atoms with Gasteiger partial charge in [-0.2, -0.15) is 0 Å². The molecule has 1 aliphatic rings. The van der Waals surface area contributed by atoms with Gasteiger partial charge in [-0.3, -0.25) is 4.79 Å². The second-order valence-corrected chi connectivity index (χ2v) is 4.03. The summed E-state index contributed by atoms with van der Waals surface area (Å²) >= 11 is 0. The third-order valence-electron chi connectivity index (χ3n) is 2.98. The lowest BCUT2D eigenvalue weighted by atomic mass is 10.2. The number of carbonyl (C=O) groups is 1. The van der Waals surface area contributed by atoms with Gasteiger partial charge >= 0.3 is 0 Å². The fourth-order valence-corrected chi connectivity index (χ4v) is 1.90. The van der Waals surface area contributed by atoms with Crippen LogP contribution in [0.5, 0.6) is 0 Å². The minimum Gasteiger partial charge on any atom is -0.366 e. The van der Waals surface area contributed by atoms with Crippen molar-refractivity contribution < 1.29 is 4.79 Å². The van der Waals surface area contributed by atoms with Crippen LogP contribution in [-0.4, -0.2) is 37.1 Å². The Hall–Kier alpha value is -1.62. The van der Waals surface area contributed by atoms with E-state index in [4.69, 9.17) is 5.73 Å². The Kier molecular flexibility index (Phi) is 3.05. The van der Waals surface area contributed by atoms with Gasteiger partial charge in [0.05, 0.1) is 5.56 Å². The number of anilines is 1. The van der Waals surface area contributed by atoms with E-state index in [0.717, 1.165) is 25.3 Å². The lowest BCUT2D eigenvalue weighted by Crippen LogP contribution is -2.33. The number of amides is 1. The zero-order chi connectivity index (χ0) is 11.5. The van der Waals surface area contributed by atoms with Gasteiger partial charge in [0.2, 0.25) is 5.91 Å². The average Bonchev–Trinajstić information content (AvgIpc) is 2.81. The number of rotatable bonds is 3. The molecular weight excluding hydrogens is 204 g/mol. The second-order valence-electron chi connectivity index (χ2n) is 4.03. The summed E-state index contributed by atoms with van der Waals surface area (Å²) in [4.78, 5) is 17.3. The van der Waals surface area contributed by atoms with Gasteiger partial charge in [-0.1, -0.05) is 0 Å². The van der Waals surface area contributed by atoms with Gasteiger partial charge in [0, 0.05) is 25.8 Å². The van der Waals surface area contributed by atoms with Crippen molar-refractivity contribution in [1.82, 2.24) is 10.3 Å². The third-order valence-corrected chi connectivity index (χ3v) is 2.98. The zero-order valence-electron chi connectivity index (χ0n) is 9.31. The molecule has 5 nitrogen and oxygen atoms in total. The van der Waals surface area contributed by atoms with Crippen LogP contribution >= 0.6 is 0 Å². The topological polar surface area (TPSA) is 71.2 Å². The van der Waals surface area contributed by atoms with Crippen LogP contribution in [0.15, 0.2) is 18.3 Å². The van der Waals surface area contributed by atoms with Crippen molar-refractivity contribution in [2.75, 3.05) is 25.0 Å². The molecule has 0 aromatic carbocycles. The Morgan fingerprint density at radius 3 is 2.94 bits per heavy atom. The Morgan fingerprint density at radius 1 is 1.62 bits per heavy atom. The molecule has 1 aromatic heterocycles. The molecular formula is C11H16N4O. The smallest absolute Gasteiger partial charge is 0.250 e. The standard InChI is InChI=1S/C11H16N4O/c1-15(9-4-5-13-7-9)10-3-2-8(6-14-10)11(12)16/h2-3,6,9,13H,4-5,7H2,1H3,(H2,12,16). The minimum absolute atomic E-state index is 0.441. The summed E-state index contributed by atoms with van der Waals surface area (Å²) in [6.45, 7) is 2.03. The normalized spacial score (nSPS) is 19.7. The Morgan fingerprint density at radius 2 is 2.44 bits per heavy atom. The number of nitrogens with two attached hydrogens (primary N) is 1. The highest BCUT2D eigenvalue weighted by atomic mass is 16.1. The van der Waals surface area contributed by atoms with Crippen LogP contribution in [0.25, 0.3) is 0 Å². The van der Waals surface area contributed by atoms with Gasteiger partial charge in [-0.15, -0.1) is 0 Å². The highest BCUT2D eigenvalue weighted by molar-refractivity contribution is 5.92. The molecule has 3 N–H and O–H groups in total. The van der Waals surface area contributed by atoms with Gasteiger partial charge in [-0.05, 0) is 25.1 Å². The molecule has 0 radical (unpaired) electrons. The van der Waals surface area contributed by atoms with E-state index in [9.17, 15) is 4.79 Å². The monoisotopic (exact) mass is 220 g/mol. The molecule has 1 aromatic rings. The molecule has 86 valence electrons. The molecule has 5 heteroatoms. The second kappa shape index (κ2) is 4.49. The summed E-state index contributed by atoms with van der Waals surface area (Å²) < 4.78 is 0. The van der Waals surface area contributed by atoms with Crippen LogP contribution in [0.4, 0.5) is 5.82 Å². The third kappa shape index (κ3) is 2.14. The van der Waals surface area contributed by atoms with Crippen molar-refractivity contribution in [3.63, 3.8) is 0 Å². The van der Waals surface area contributed by atoms with Crippen molar-refractivity contribution in [2.45, 2.75) is 12.5 Å². The van der Waals surface area contributed by atoms with E-state index in [-0.39, 0.29) is 0 Å². The predicted molar refractivity (Wildman–Crippen MR) is 62.4 cm³/mol. The summed E-state index contributed by atoms with van der Waals surface area (Å²) in [5.74, 6) is 0.433. The molecule has 2 heterocycles. The van der Waals surface area contributed by atoms with Gasteiger partial charge in [-0.25, -0.2) is 4.98 Å².